The number of ether oxygens (including phenoxy) is 2. The molecule has 0 aliphatic rings. The molecule has 0 radical (unpaired) electrons. The fourth-order valence-electron chi connectivity index (χ4n) is 2.02. The lowest BCUT2D eigenvalue weighted by Gasteiger charge is -2.12. The first-order chi connectivity index (χ1) is 9.17. The van der Waals surface area contributed by atoms with Crippen molar-refractivity contribution in [1.29, 1.82) is 0 Å². The molecule has 2 N–H and O–H groups in total. The SMILES string of the molecule is COC(=O)C(N)Cc1ccc(OC)c2ncccc12. The summed E-state index contributed by atoms with van der Waals surface area (Å²) in [5.74, 6) is 0.277. The summed E-state index contributed by atoms with van der Waals surface area (Å²) in [6.45, 7) is 0. The molecule has 2 rings (SSSR count). The third-order valence-corrected chi connectivity index (χ3v) is 2.99. The molecule has 0 bridgehead atoms. The fraction of sp³-hybridized carbons (Fsp3) is 0.286. The second-order valence-corrected chi connectivity index (χ2v) is 4.16. The summed E-state index contributed by atoms with van der Waals surface area (Å²) in [4.78, 5) is 15.7. The third kappa shape index (κ3) is 2.66. The number of pyridine rings is 1. The summed E-state index contributed by atoms with van der Waals surface area (Å²) in [6, 6.07) is 6.82. The maximum atomic E-state index is 11.4. The number of benzene rings is 1. The molecule has 1 heterocycles. The molecule has 5 nitrogen and oxygen atoms in total. The molecule has 100 valence electrons. The molecule has 5 heteroatoms. The zero-order valence-electron chi connectivity index (χ0n) is 10.9. The van der Waals surface area contributed by atoms with Gasteiger partial charge in [-0.3, -0.25) is 9.78 Å². The maximum absolute atomic E-state index is 11.4. The number of nitrogens with zero attached hydrogens (tertiary/aromatic N) is 1. The first-order valence-corrected chi connectivity index (χ1v) is 5.91. The number of fused-ring (bicyclic) bond motifs is 1. The number of carbonyl (C=O) groups excluding carboxylic acids is 1. The smallest absolute Gasteiger partial charge is 0.322 e. The Bertz CT molecular complexity index is 598. The minimum atomic E-state index is -0.679. The van der Waals surface area contributed by atoms with Crippen molar-refractivity contribution in [3.8, 4) is 5.75 Å². The van der Waals surface area contributed by atoms with Gasteiger partial charge in [-0.05, 0) is 24.1 Å². The van der Waals surface area contributed by atoms with E-state index in [0.717, 1.165) is 16.5 Å². The summed E-state index contributed by atoms with van der Waals surface area (Å²) >= 11 is 0. The number of hydrogen-bond acceptors (Lipinski definition) is 5. The summed E-state index contributed by atoms with van der Waals surface area (Å²) in [5, 5.41) is 0.932. The highest BCUT2D eigenvalue weighted by Crippen LogP contribution is 2.27. The molecule has 0 aliphatic heterocycles. The number of carbonyl (C=O) groups is 1. The Morgan fingerprint density at radius 1 is 1.37 bits per heavy atom. The highest BCUT2D eigenvalue weighted by atomic mass is 16.5. The van der Waals surface area contributed by atoms with Crippen LogP contribution in [0.15, 0.2) is 30.5 Å². The second-order valence-electron chi connectivity index (χ2n) is 4.16. The number of nitrogens with two attached hydrogens (primary N) is 1. The van der Waals surface area contributed by atoms with Crippen molar-refractivity contribution in [2.45, 2.75) is 12.5 Å². The lowest BCUT2D eigenvalue weighted by Crippen LogP contribution is -2.33. The molecule has 0 saturated carbocycles. The van der Waals surface area contributed by atoms with E-state index >= 15 is 0 Å². The van der Waals surface area contributed by atoms with E-state index in [9.17, 15) is 4.79 Å². The quantitative estimate of drug-likeness (QED) is 0.838. The van der Waals surface area contributed by atoms with Gasteiger partial charge in [0, 0.05) is 11.6 Å². The van der Waals surface area contributed by atoms with E-state index in [1.54, 1.807) is 13.3 Å². The molecule has 1 atom stereocenters. The molecule has 1 aromatic heterocycles. The van der Waals surface area contributed by atoms with E-state index in [1.165, 1.54) is 7.11 Å². The molecule has 0 amide bonds. The van der Waals surface area contributed by atoms with E-state index in [-0.39, 0.29) is 0 Å². The van der Waals surface area contributed by atoms with Crippen LogP contribution in [0.5, 0.6) is 5.75 Å². The van der Waals surface area contributed by atoms with Crippen LogP contribution in [0.25, 0.3) is 10.9 Å². The molecule has 0 spiro atoms. The molecule has 0 saturated heterocycles. The highest BCUT2D eigenvalue weighted by molar-refractivity contribution is 5.88. The predicted octanol–water partition coefficient (Wildman–Crippen LogP) is 1.29. The first kappa shape index (κ1) is 13.3. The molecule has 1 aromatic carbocycles. The van der Waals surface area contributed by atoms with Crippen LogP contribution >= 0.6 is 0 Å². The van der Waals surface area contributed by atoms with Crippen molar-refractivity contribution in [2.24, 2.45) is 5.73 Å². The van der Waals surface area contributed by atoms with Gasteiger partial charge in [-0.2, -0.15) is 0 Å². The average molecular weight is 260 g/mol. The minimum absolute atomic E-state index is 0.402. The van der Waals surface area contributed by atoms with E-state index < -0.39 is 12.0 Å². The summed E-state index contributed by atoms with van der Waals surface area (Å²) < 4.78 is 9.91. The highest BCUT2D eigenvalue weighted by Gasteiger charge is 2.16. The minimum Gasteiger partial charge on any atom is -0.494 e. The Labute approximate surface area is 111 Å². The first-order valence-electron chi connectivity index (χ1n) is 5.91. The number of esters is 1. The van der Waals surface area contributed by atoms with Gasteiger partial charge in [-0.1, -0.05) is 12.1 Å². The van der Waals surface area contributed by atoms with Crippen LogP contribution in [0, 0.1) is 0 Å². The third-order valence-electron chi connectivity index (χ3n) is 2.99. The molecule has 0 aliphatic carbocycles. The van der Waals surface area contributed by atoms with Crippen LogP contribution in [0.4, 0.5) is 0 Å². The van der Waals surface area contributed by atoms with Gasteiger partial charge in [0.25, 0.3) is 0 Å². The lowest BCUT2D eigenvalue weighted by atomic mass is 10.0. The van der Waals surface area contributed by atoms with Crippen molar-refractivity contribution >= 4 is 16.9 Å². The van der Waals surface area contributed by atoms with Crippen molar-refractivity contribution in [2.75, 3.05) is 14.2 Å². The molecular weight excluding hydrogens is 244 g/mol. The molecule has 1 unspecified atom stereocenters. The van der Waals surface area contributed by atoms with Crippen LogP contribution < -0.4 is 10.5 Å². The summed E-state index contributed by atoms with van der Waals surface area (Å²) in [5.41, 5.74) is 7.50. The monoisotopic (exact) mass is 260 g/mol. The zero-order chi connectivity index (χ0) is 13.8. The van der Waals surface area contributed by atoms with Crippen molar-refractivity contribution in [3.05, 3.63) is 36.0 Å². The van der Waals surface area contributed by atoms with Gasteiger partial charge in [-0.15, -0.1) is 0 Å². The zero-order valence-corrected chi connectivity index (χ0v) is 10.9. The van der Waals surface area contributed by atoms with Crippen LogP contribution in [-0.4, -0.2) is 31.2 Å². The molecular formula is C14H16N2O3. The van der Waals surface area contributed by atoms with Crippen molar-refractivity contribution in [1.82, 2.24) is 4.98 Å². The van der Waals surface area contributed by atoms with Crippen LogP contribution in [-0.2, 0) is 16.0 Å². The van der Waals surface area contributed by atoms with E-state index in [1.807, 2.05) is 24.3 Å². The van der Waals surface area contributed by atoms with Crippen LogP contribution in [0.3, 0.4) is 0 Å². The Morgan fingerprint density at radius 3 is 2.84 bits per heavy atom. The van der Waals surface area contributed by atoms with Crippen LogP contribution in [0.2, 0.25) is 0 Å². The van der Waals surface area contributed by atoms with Gasteiger partial charge in [-0.25, -0.2) is 0 Å². The predicted molar refractivity (Wildman–Crippen MR) is 72.0 cm³/mol. The van der Waals surface area contributed by atoms with Gasteiger partial charge in [0.05, 0.1) is 14.2 Å². The Kier molecular flexibility index (Phi) is 3.97. The number of aromatic nitrogens is 1. The number of hydrogen-bond donors (Lipinski definition) is 1. The Morgan fingerprint density at radius 2 is 2.16 bits per heavy atom. The fourth-order valence-corrected chi connectivity index (χ4v) is 2.02. The van der Waals surface area contributed by atoms with Gasteiger partial charge in [0.1, 0.15) is 17.3 Å². The molecule has 19 heavy (non-hydrogen) atoms. The summed E-state index contributed by atoms with van der Waals surface area (Å²) in [6.07, 6.45) is 2.10. The largest absolute Gasteiger partial charge is 0.494 e. The normalized spacial score (nSPS) is 12.2. The van der Waals surface area contributed by atoms with E-state index in [2.05, 4.69) is 9.72 Å². The van der Waals surface area contributed by atoms with Crippen molar-refractivity contribution in [3.63, 3.8) is 0 Å². The summed E-state index contributed by atoms with van der Waals surface area (Å²) in [7, 11) is 2.93. The Balaban J connectivity index is 2.42. The Hall–Kier alpha value is -2.14. The molecule has 0 fully saturated rings. The topological polar surface area (TPSA) is 74.4 Å². The standard InChI is InChI=1S/C14H16N2O3/c1-18-12-6-5-9(8-11(15)14(17)19-2)10-4-3-7-16-13(10)12/h3-7,11H,8,15H2,1-2H3. The number of methoxy groups -OCH3 is 2. The lowest BCUT2D eigenvalue weighted by molar-refractivity contribution is -0.142. The van der Waals surface area contributed by atoms with E-state index in [0.29, 0.717) is 12.2 Å². The molecule has 2 aromatic rings. The van der Waals surface area contributed by atoms with Crippen LogP contribution in [0.1, 0.15) is 5.56 Å². The van der Waals surface area contributed by atoms with Gasteiger partial charge < -0.3 is 15.2 Å². The number of rotatable bonds is 4. The maximum Gasteiger partial charge on any atom is 0.322 e. The average Bonchev–Trinajstić information content (AvgIpc) is 2.46. The van der Waals surface area contributed by atoms with Gasteiger partial charge in [0.15, 0.2) is 0 Å². The van der Waals surface area contributed by atoms with Crippen molar-refractivity contribution < 1.29 is 14.3 Å². The van der Waals surface area contributed by atoms with Gasteiger partial charge in [0.2, 0.25) is 0 Å². The van der Waals surface area contributed by atoms with E-state index in [4.69, 9.17) is 10.5 Å². The van der Waals surface area contributed by atoms with Gasteiger partial charge >= 0.3 is 5.97 Å². The second kappa shape index (κ2) is 5.67.